The van der Waals surface area contributed by atoms with Gasteiger partial charge in [-0.05, 0) is 123 Å². The van der Waals surface area contributed by atoms with E-state index in [2.05, 4.69) is 36.3 Å². The Labute approximate surface area is 198 Å². The standard InChI is InChI=1S/C26H42N4O3/c1-17(2)33-15-26-12-11-24(3,32)13-18(26)5-6-19-20-7-8-22(25(20,4)10-9-21(19)26)23(31)14-30-16-27-28-29-30/h16-22,32H,5-15H2,1-4H3/t18-,19+,20+,21+,22-,24-,25+,26?/m1/s1. The van der Waals surface area contributed by atoms with Crippen LogP contribution in [0.15, 0.2) is 6.33 Å². The van der Waals surface area contributed by atoms with Gasteiger partial charge in [0.15, 0.2) is 5.78 Å². The molecule has 0 spiro atoms. The maximum atomic E-state index is 13.3. The zero-order valence-electron chi connectivity index (χ0n) is 20.9. The predicted molar refractivity (Wildman–Crippen MR) is 124 cm³/mol. The number of ether oxygens (including phenoxy) is 1. The van der Waals surface area contributed by atoms with Crippen LogP contribution >= 0.6 is 0 Å². The molecule has 1 aromatic heterocycles. The number of tetrazole rings is 1. The Morgan fingerprint density at radius 3 is 2.67 bits per heavy atom. The lowest BCUT2D eigenvalue weighted by molar-refractivity contribution is -0.183. The lowest BCUT2D eigenvalue weighted by Gasteiger charge is -2.62. The summed E-state index contributed by atoms with van der Waals surface area (Å²) in [4.78, 5) is 13.3. The van der Waals surface area contributed by atoms with Gasteiger partial charge >= 0.3 is 0 Å². The maximum absolute atomic E-state index is 13.3. The average molecular weight is 459 g/mol. The van der Waals surface area contributed by atoms with Crippen LogP contribution in [0.5, 0.6) is 0 Å². The van der Waals surface area contributed by atoms with E-state index in [1.807, 2.05) is 6.92 Å². The van der Waals surface area contributed by atoms with Crippen molar-refractivity contribution in [1.82, 2.24) is 20.2 Å². The third-order valence-corrected chi connectivity index (χ3v) is 10.4. The number of hydrogen-bond acceptors (Lipinski definition) is 6. The molecule has 1 unspecified atom stereocenters. The Bertz CT molecular complexity index is 852. The highest BCUT2D eigenvalue weighted by Crippen LogP contribution is 2.68. The number of carbonyl (C=O) groups excluding carboxylic acids is 1. The molecule has 1 aromatic rings. The molecule has 1 heterocycles. The van der Waals surface area contributed by atoms with Crippen molar-refractivity contribution >= 4 is 5.78 Å². The number of fused-ring (bicyclic) bond motifs is 5. The molecule has 0 aliphatic heterocycles. The molecule has 0 radical (unpaired) electrons. The molecule has 0 aromatic carbocycles. The summed E-state index contributed by atoms with van der Waals surface area (Å²) in [6.07, 6.45) is 11.5. The minimum Gasteiger partial charge on any atom is -0.390 e. The molecule has 7 heteroatoms. The lowest BCUT2D eigenvalue weighted by Crippen LogP contribution is -2.58. The summed E-state index contributed by atoms with van der Waals surface area (Å²) in [6.45, 7) is 9.83. The summed E-state index contributed by atoms with van der Waals surface area (Å²) in [6, 6.07) is 0. The third-order valence-electron chi connectivity index (χ3n) is 10.4. The van der Waals surface area contributed by atoms with E-state index < -0.39 is 5.60 Å². The fourth-order valence-corrected chi connectivity index (χ4v) is 8.89. The van der Waals surface area contributed by atoms with Crippen LogP contribution in [0.3, 0.4) is 0 Å². The summed E-state index contributed by atoms with van der Waals surface area (Å²) < 4.78 is 7.93. The van der Waals surface area contributed by atoms with Gasteiger partial charge in [-0.3, -0.25) is 4.79 Å². The van der Waals surface area contributed by atoms with Crippen molar-refractivity contribution in [1.29, 1.82) is 0 Å². The van der Waals surface area contributed by atoms with E-state index in [1.54, 1.807) is 11.0 Å². The van der Waals surface area contributed by atoms with Crippen molar-refractivity contribution in [3.63, 3.8) is 0 Å². The number of nitrogens with zero attached hydrogens (tertiary/aromatic N) is 4. The van der Waals surface area contributed by atoms with Crippen LogP contribution in [0, 0.1) is 40.4 Å². The van der Waals surface area contributed by atoms with Gasteiger partial charge in [-0.2, -0.15) is 0 Å². The second-order valence-corrected chi connectivity index (χ2v) is 12.6. The van der Waals surface area contributed by atoms with Crippen molar-refractivity contribution in [3.05, 3.63) is 6.33 Å². The van der Waals surface area contributed by atoms with Crippen LogP contribution in [0.4, 0.5) is 0 Å². The van der Waals surface area contributed by atoms with Crippen LogP contribution in [-0.2, 0) is 16.1 Å². The smallest absolute Gasteiger partial charge is 0.158 e. The highest BCUT2D eigenvalue weighted by atomic mass is 16.5. The second kappa shape index (κ2) is 8.40. The highest BCUT2D eigenvalue weighted by Gasteiger charge is 2.63. The quantitative estimate of drug-likeness (QED) is 0.691. The van der Waals surface area contributed by atoms with Crippen molar-refractivity contribution < 1.29 is 14.6 Å². The molecule has 1 N–H and O–H groups in total. The Morgan fingerprint density at radius 1 is 1.12 bits per heavy atom. The summed E-state index contributed by atoms with van der Waals surface area (Å²) >= 11 is 0. The van der Waals surface area contributed by atoms with Crippen molar-refractivity contribution in [3.8, 4) is 0 Å². The second-order valence-electron chi connectivity index (χ2n) is 12.6. The molecule has 5 rings (SSSR count). The first-order valence-electron chi connectivity index (χ1n) is 13.2. The van der Waals surface area contributed by atoms with Crippen LogP contribution in [-0.4, -0.2) is 49.4 Å². The Balaban J connectivity index is 1.39. The molecule has 33 heavy (non-hydrogen) atoms. The van der Waals surface area contributed by atoms with Crippen LogP contribution in [0.25, 0.3) is 0 Å². The minimum absolute atomic E-state index is 0.0827. The first-order valence-corrected chi connectivity index (χ1v) is 13.2. The number of carbonyl (C=O) groups is 1. The van der Waals surface area contributed by atoms with Gasteiger partial charge in [-0.15, -0.1) is 5.10 Å². The van der Waals surface area contributed by atoms with E-state index in [9.17, 15) is 9.90 Å². The number of rotatable bonds is 6. The van der Waals surface area contributed by atoms with Crippen molar-refractivity contribution in [2.45, 2.75) is 104 Å². The minimum atomic E-state index is -0.539. The van der Waals surface area contributed by atoms with Gasteiger partial charge in [0, 0.05) is 5.92 Å². The average Bonchev–Trinajstić information content (AvgIpc) is 3.38. The SMILES string of the molecule is CC(C)OCC12CC[C@@](C)(O)C[C@H]1CC[C@@H]1[C@@H]2CC[C@]2(C)[C@@H](C(=O)Cn3cnnn3)CC[C@@H]12. The largest absolute Gasteiger partial charge is 0.390 e. The van der Waals surface area contributed by atoms with Gasteiger partial charge in [0.2, 0.25) is 0 Å². The van der Waals surface area contributed by atoms with Gasteiger partial charge in [-0.1, -0.05) is 6.92 Å². The number of aromatic nitrogens is 4. The Morgan fingerprint density at radius 2 is 1.94 bits per heavy atom. The molecule has 0 saturated heterocycles. The molecular weight excluding hydrogens is 416 g/mol. The van der Waals surface area contributed by atoms with Gasteiger partial charge < -0.3 is 9.84 Å². The molecule has 8 atom stereocenters. The van der Waals surface area contributed by atoms with E-state index >= 15 is 0 Å². The number of Topliss-reactive ketones (excluding diaryl/α,β-unsaturated/α-hetero) is 1. The number of aliphatic hydroxyl groups is 1. The Hall–Kier alpha value is -1.34. The monoisotopic (exact) mass is 458 g/mol. The third kappa shape index (κ3) is 3.97. The molecule has 4 aliphatic rings. The van der Waals surface area contributed by atoms with Gasteiger partial charge in [0.25, 0.3) is 0 Å². The summed E-state index contributed by atoms with van der Waals surface area (Å²) in [7, 11) is 0. The van der Waals surface area contributed by atoms with E-state index in [0.29, 0.717) is 29.5 Å². The number of hydrogen-bond donors (Lipinski definition) is 1. The zero-order valence-corrected chi connectivity index (χ0v) is 20.9. The molecule has 0 bridgehead atoms. The Kier molecular flexibility index (Phi) is 5.96. The fraction of sp³-hybridized carbons (Fsp3) is 0.923. The molecular formula is C26H42N4O3. The topological polar surface area (TPSA) is 90.1 Å². The van der Waals surface area contributed by atoms with Gasteiger partial charge in [0.05, 0.1) is 18.3 Å². The highest BCUT2D eigenvalue weighted by molar-refractivity contribution is 5.82. The number of ketones is 1. The molecule has 4 aliphatic carbocycles. The van der Waals surface area contributed by atoms with Crippen molar-refractivity contribution in [2.24, 2.45) is 40.4 Å². The molecule has 0 amide bonds. The van der Waals surface area contributed by atoms with E-state index in [-0.39, 0.29) is 29.4 Å². The predicted octanol–water partition coefficient (Wildman–Crippen LogP) is 4.06. The van der Waals surface area contributed by atoms with Crippen molar-refractivity contribution in [2.75, 3.05) is 6.61 Å². The first kappa shape index (κ1) is 23.4. The molecule has 184 valence electrons. The van der Waals surface area contributed by atoms with Crippen LogP contribution < -0.4 is 0 Å². The molecule has 4 fully saturated rings. The lowest BCUT2D eigenvalue weighted by atomic mass is 9.43. The summed E-state index contributed by atoms with van der Waals surface area (Å²) in [5, 5.41) is 22.2. The fourth-order valence-electron chi connectivity index (χ4n) is 8.89. The summed E-state index contributed by atoms with van der Waals surface area (Å²) in [5.74, 6) is 2.89. The van der Waals surface area contributed by atoms with Crippen LogP contribution in [0.1, 0.15) is 85.5 Å². The van der Waals surface area contributed by atoms with E-state index in [1.165, 1.54) is 19.3 Å². The van der Waals surface area contributed by atoms with Crippen LogP contribution in [0.2, 0.25) is 0 Å². The zero-order chi connectivity index (χ0) is 23.4. The van der Waals surface area contributed by atoms with E-state index in [4.69, 9.17) is 4.74 Å². The molecule has 4 saturated carbocycles. The summed E-state index contributed by atoms with van der Waals surface area (Å²) in [5.41, 5.74) is -0.270. The first-order chi connectivity index (χ1) is 15.6. The maximum Gasteiger partial charge on any atom is 0.158 e. The van der Waals surface area contributed by atoms with Gasteiger partial charge in [0.1, 0.15) is 12.9 Å². The molecule has 7 nitrogen and oxygen atoms in total. The van der Waals surface area contributed by atoms with E-state index in [0.717, 1.165) is 45.1 Å². The normalized spacial score (nSPS) is 44.8. The van der Waals surface area contributed by atoms with Gasteiger partial charge in [-0.25, -0.2) is 4.68 Å².